The van der Waals surface area contributed by atoms with E-state index in [-0.39, 0.29) is 35.5 Å². The summed E-state index contributed by atoms with van der Waals surface area (Å²) in [5, 5.41) is 20.8. The van der Waals surface area contributed by atoms with E-state index in [1.807, 2.05) is 20.8 Å². The lowest BCUT2D eigenvalue weighted by Gasteiger charge is -2.25. The molecule has 0 aromatic carbocycles. The van der Waals surface area contributed by atoms with Crippen molar-refractivity contribution in [3.63, 3.8) is 0 Å². The van der Waals surface area contributed by atoms with Gasteiger partial charge in [0.1, 0.15) is 5.60 Å². The zero-order chi connectivity index (χ0) is 29.4. The fraction of sp³-hybridized carbons (Fsp3) is 0.593. The van der Waals surface area contributed by atoms with Gasteiger partial charge in [-0.05, 0) is 45.1 Å². The molecule has 13 heteroatoms. The summed E-state index contributed by atoms with van der Waals surface area (Å²) in [4.78, 5) is 54.0. The molecule has 3 N–H and O–H groups in total. The molecule has 40 heavy (non-hydrogen) atoms. The van der Waals surface area contributed by atoms with Crippen molar-refractivity contribution in [1.29, 1.82) is 0 Å². The summed E-state index contributed by atoms with van der Waals surface area (Å²) < 4.78 is 13.1. The first-order valence-corrected chi connectivity index (χ1v) is 13.4. The highest BCUT2D eigenvalue weighted by Gasteiger charge is 2.32. The largest absolute Gasteiger partial charge is 0.492 e. The number of fused-ring (bicyclic) bond motifs is 1. The van der Waals surface area contributed by atoms with Gasteiger partial charge in [-0.25, -0.2) is 4.79 Å². The van der Waals surface area contributed by atoms with Gasteiger partial charge >= 0.3 is 6.09 Å². The standard InChI is InChI=1S/C27H38N6O7/c1-26(2,3)15-32-22-17(9-10-18(34)31-11-13-39-14-12-31)20(29-25(38)40-27(4,5)6)30-33(22)24(37)19(23(32)36)21(35)28-16-7-8-16/h9-10,16,37H,7-8,11-15H2,1-6H3,(H,28,35)(H,29,30,38)/b10-9+. The zero-order valence-corrected chi connectivity index (χ0v) is 23.9. The number of morpholine rings is 1. The molecule has 3 amide bonds. The van der Waals surface area contributed by atoms with Gasteiger partial charge in [0.15, 0.2) is 17.0 Å². The number of aromatic hydroxyl groups is 1. The Morgan fingerprint density at radius 2 is 1.77 bits per heavy atom. The van der Waals surface area contributed by atoms with Crippen molar-refractivity contribution in [3.05, 3.63) is 27.6 Å². The van der Waals surface area contributed by atoms with Crippen molar-refractivity contribution in [1.82, 2.24) is 24.4 Å². The topological polar surface area (TPSA) is 156 Å². The Balaban J connectivity index is 1.90. The molecular formula is C27H38N6O7. The van der Waals surface area contributed by atoms with Crippen LogP contribution in [0.15, 0.2) is 10.9 Å². The molecule has 0 unspecified atom stereocenters. The maximum Gasteiger partial charge on any atom is 0.413 e. The number of rotatable bonds is 6. The van der Waals surface area contributed by atoms with Gasteiger partial charge in [-0.3, -0.25) is 24.3 Å². The third kappa shape index (κ3) is 6.82. The molecule has 2 fully saturated rings. The van der Waals surface area contributed by atoms with Crippen LogP contribution >= 0.6 is 0 Å². The molecule has 13 nitrogen and oxygen atoms in total. The molecule has 0 spiro atoms. The molecule has 1 saturated heterocycles. The van der Waals surface area contributed by atoms with Crippen LogP contribution in [0.3, 0.4) is 0 Å². The third-order valence-electron chi connectivity index (χ3n) is 6.14. The van der Waals surface area contributed by atoms with Gasteiger partial charge in [-0.2, -0.15) is 4.52 Å². The SMILES string of the molecule is CC(C)(C)Cn1c(=O)c(C(=O)NC2CC2)c(O)n2nc(NC(=O)OC(C)(C)C)c(/C=C/C(=O)N3CCOCC3)c12. The molecule has 0 atom stereocenters. The van der Waals surface area contributed by atoms with Crippen LogP contribution in [0.5, 0.6) is 5.88 Å². The average Bonchev–Trinajstić information content (AvgIpc) is 3.58. The lowest BCUT2D eigenvalue weighted by Crippen LogP contribution is -2.39. The van der Waals surface area contributed by atoms with Gasteiger partial charge < -0.3 is 24.8 Å². The van der Waals surface area contributed by atoms with E-state index in [9.17, 15) is 24.3 Å². The second-order valence-corrected chi connectivity index (χ2v) is 12.3. The lowest BCUT2D eigenvalue weighted by atomic mass is 9.96. The van der Waals surface area contributed by atoms with Crippen LogP contribution in [-0.2, 0) is 20.8 Å². The van der Waals surface area contributed by atoms with Gasteiger partial charge in [0.25, 0.3) is 11.5 Å². The number of amides is 3. The number of hydrogen-bond donors (Lipinski definition) is 3. The monoisotopic (exact) mass is 558 g/mol. The summed E-state index contributed by atoms with van der Waals surface area (Å²) in [6.45, 7) is 12.7. The molecule has 2 aromatic heterocycles. The van der Waals surface area contributed by atoms with Gasteiger partial charge in [-0.1, -0.05) is 20.8 Å². The van der Waals surface area contributed by atoms with Gasteiger partial charge in [0.2, 0.25) is 11.8 Å². The first-order chi connectivity index (χ1) is 18.6. The number of ether oxygens (including phenoxy) is 2. The highest BCUT2D eigenvalue weighted by molar-refractivity contribution is 5.98. The van der Waals surface area contributed by atoms with Gasteiger partial charge in [-0.15, -0.1) is 5.10 Å². The number of nitrogens with zero attached hydrogens (tertiary/aromatic N) is 4. The molecule has 0 radical (unpaired) electrons. The van der Waals surface area contributed by atoms with Crippen molar-refractivity contribution < 1.29 is 29.0 Å². The molecule has 218 valence electrons. The van der Waals surface area contributed by atoms with E-state index in [1.54, 1.807) is 25.7 Å². The fourth-order valence-corrected chi connectivity index (χ4v) is 4.26. The van der Waals surface area contributed by atoms with E-state index in [0.29, 0.717) is 26.3 Å². The van der Waals surface area contributed by atoms with Crippen LogP contribution < -0.4 is 16.2 Å². The Morgan fingerprint density at radius 3 is 2.35 bits per heavy atom. The molecular weight excluding hydrogens is 520 g/mol. The Morgan fingerprint density at radius 1 is 1.12 bits per heavy atom. The first-order valence-electron chi connectivity index (χ1n) is 13.4. The van der Waals surface area contributed by atoms with Gasteiger partial charge in [0, 0.05) is 31.8 Å². The highest BCUT2D eigenvalue weighted by atomic mass is 16.6. The van der Waals surface area contributed by atoms with Crippen molar-refractivity contribution >= 4 is 35.4 Å². The fourth-order valence-electron chi connectivity index (χ4n) is 4.26. The van der Waals surface area contributed by atoms with E-state index in [0.717, 1.165) is 17.4 Å². The molecule has 3 heterocycles. The van der Waals surface area contributed by atoms with Crippen LogP contribution in [0.1, 0.15) is 70.3 Å². The van der Waals surface area contributed by atoms with Crippen LogP contribution in [0, 0.1) is 5.41 Å². The summed E-state index contributed by atoms with van der Waals surface area (Å²) in [5.74, 6) is -1.72. The summed E-state index contributed by atoms with van der Waals surface area (Å²) in [6.07, 6.45) is 3.53. The predicted octanol–water partition coefficient (Wildman–Crippen LogP) is 2.36. The van der Waals surface area contributed by atoms with E-state index in [4.69, 9.17) is 9.47 Å². The minimum absolute atomic E-state index is 0.0511. The summed E-state index contributed by atoms with van der Waals surface area (Å²) in [5.41, 5.74) is -2.10. The third-order valence-corrected chi connectivity index (χ3v) is 6.14. The van der Waals surface area contributed by atoms with E-state index < -0.39 is 40.0 Å². The molecule has 2 aromatic rings. The Hall–Kier alpha value is -3.87. The minimum atomic E-state index is -0.819. The van der Waals surface area contributed by atoms with Crippen LogP contribution in [0.25, 0.3) is 11.7 Å². The minimum Gasteiger partial charge on any atom is -0.492 e. The molecule has 1 aliphatic carbocycles. The maximum atomic E-state index is 13.8. The smallest absolute Gasteiger partial charge is 0.413 e. The summed E-state index contributed by atoms with van der Waals surface area (Å²) in [6, 6.07) is -0.0511. The van der Waals surface area contributed by atoms with Crippen molar-refractivity contribution in [2.24, 2.45) is 5.41 Å². The van der Waals surface area contributed by atoms with Crippen LogP contribution in [-0.4, -0.2) is 80.0 Å². The number of nitrogens with one attached hydrogen (secondary N) is 2. The quantitative estimate of drug-likeness (QED) is 0.456. The normalized spacial score (nSPS) is 16.4. The predicted molar refractivity (Wildman–Crippen MR) is 147 cm³/mol. The average molecular weight is 559 g/mol. The lowest BCUT2D eigenvalue weighted by molar-refractivity contribution is -0.129. The van der Waals surface area contributed by atoms with Crippen molar-refractivity contribution in [2.75, 3.05) is 31.6 Å². The molecule has 4 rings (SSSR count). The van der Waals surface area contributed by atoms with E-state index in [2.05, 4.69) is 15.7 Å². The van der Waals surface area contributed by atoms with Crippen LogP contribution in [0.2, 0.25) is 0 Å². The number of hydrogen-bond acceptors (Lipinski definition) is 8. The number of anilines is 1. The van der Waals surface area contributed by atoms with Crippen LogP contribution in [0.4, 0.5) is 10.6 Å². The second kappa shape index (κ2) is 11.0. The van der Waals surface area contributed by atoms with E-state index >= 15 is 0 Å². The molecule has 1 saturated carbocycles. The molecule has 0 bridgehead atoms. The summed E-state index contributed by atoms with van der Waals surface area (Å²) in [7, 11) is 0. The van der Waals surface area contributed by atoms with Crippen molar-refractivity contribution in [3.8, 4) is 5.88 Å². The zero-order valence-electron chi connectivity index (χ0n) is 23.9. The number of carbonyl (C=O) groups excluding carboxylic acids is 3. The Labute approximate surface area is 232 Å². The Bertz CT molecular complexity index is 1400. The molecule has 2 aliphatic rings. The van der Waals surface area contributed by atoms with Crippen molar-refractivity contribution in [2.45, 2.75) is 72.6 Å². The maximum absolute atomic E-state index is 13.8. The van der Waals surface area contributed by atoms with E-state index in [1.165, 1.54) is 16.7 Å². The summed E-state index contributed by atoms with van der Waals surface area (Å²) >= 11 is 0. The number of carbonyl (C=O) groups is 3. The molecule has 1 aliphatic heterocycles. The number of aromatic nitrogens is 3. The first kappa shape index (κ1) is 29.1. The second-order valence-electron chi connectivity index (χ2n) is 12.3. The van der Waals surface area contributed by atoms with Gasteiger partial charge in [0.05, 0.1) is 18.8 Å². The Kier molecular flexibility index (Phi) is 7.97. The highest BCUT2D eigenvalue weighted by Crippen LogP contribution is 2.30.